The molecular formula is C13H15ClN4O2. The van der Waals surface area contributed by atoms with Crippen LogP contribution in [0.25, 0.3) is 5.69 Å². The molecule has 0 spiro atoms. The van der Waals surface area contributed by atoms with Gasteiger partial charge in [0.2, 0.25) is 0 Å². The maximum absolute atomic E-state index is 12.0. The first-order chi connectivity index (χ1) is 9.52. The minimum Gasteiger partial charge on any atom is -0.394 e. The number of halogens is 1. The van der Waals surface area contributed by atoms with Gasteiger partial charge in [0.1, 0.15) is 0 Å². The van der Waals surface area contributed by atoms with Crippen molar-refractivity contribution < 1.29 is 9.90 Å². The van der Waals surface area contributed by atoms with Crippen LogP contribution in [0, 0.1) is 6.92 Å². The zero-order chi connectivity index (χ0) is 14.7. The number of nitrogens with zero attached hydrogens (tertiary/aromatic N) is 3. The Hall–Kier alpha value is -1.92. The van der Waals surface area contributed by atoms with Crippen LogP contribution in [-0.4, -0.2) is 38.7 Å². The van der Waals surface area contributed by atoms with E-state index in [1.807, 2.05) is 6.07 Å². The Kier molecular flexibility index (Phi) is 4.36. The van der Waals surface area contributed by atoms with Gasteiger partial charge in [0.25, 0.3) is 5.91 Å². The topological polar surface area (TPSA) is 80.0 Å². The number of aromatic nitrogens is 3. The molecule has 1 aromatic heterocycles. The molecular weight excluding hydrogens is 280 g/mol. The Morgan fingerprint density at radius 3 is 2.95 bits per heavy atom. The van der Waals surface area contributed by atoms with Gasteiger partial charge in [-0.15, -0.1) is 5.10 Å². The number of benzene rings is 1. The summed E-state index contributed by atoms with van der Waals surface area (Å²) in [5, 5.41) is 20.0. The van der Waals surface area contributed by atoms with Gasteiger partial charge in [-0.05, 0) is 32.0 Å². The summed E-state index contributed by atoms with van der Waals surface area (Å²) in [5.74, 6) is -0.364. The molecule has 2 N–H and O–H groups in total. The van der Waals surface area contributed by atoms with Crippen LogP contribution in [0.2, 0.25) is 5.02 Å². The van der Waals surface area contributed by atoms with Crippen LogP contribution < -0.4 is 5.32 Å². The molecule has 1 aromatic carbocycles. The molecule has 1 heterocycles. The number of carbonyl (C=O) groups is 1. The standard InChI is InChI=1S/C13H15ClN4O2/c1-8(7-19)15-13(20)12-9(2)18(17-16-12)11-5-3-4-10(14)6-11/h3-6,8,19H,7H2,1-2H3,(H,15,20). The fourth-order valence-electron chi connectivity index (χ4n) is 1.73. The Morgan fingerprint density at radius 1 is 1.55 bits per heavy atom. The van der Waals surface area contributed by atoms with E-state index in [-0.39, 0.29) is 24.2 Å². The Labute approximate surface area is 121 Å². The lowest BCUT2D eigenvalue weighted by Crippen LogP contribution is -2.35. The van der Waals surface area contributed by atoms with Crippen molar-refractivity contribution in [2.45, 2.75) is 19.9 Å². The summed E-state index contributed by atoms with van der Waals surface area (Å²) < 4.78 is 1.55. The third-order valence-electron chi connectivity index (χ3n) is 2.81. The van der Waals surface area contributed by atoms with Gasteiger partial charge in [0.15, 0.2) is 5.69 Å². The first-order valence-electron chi connectivity index (χ1n) is 6.13. The van der Waals surface area contributed by atoms with Gasteiger partial charge in [-0.2, -0.15) is 0 Å². The van der Waals surface area contributed by atoms with Gasteiger partial charge < -0.3 is 10.4 Å². The van der Waals surface area contributed by atoms with Crippen molar-refractivity contribution in [1.29, 1.82) is 0 Å². The molecule has 1 amide bonds. The Morgan fingerprint density at radius 2 is 2.30 bits per heavy atom. The van der Waals surface area contributed by atoms with Gasteiger partial charge in [0.05, 0.1) is 18.0 Å². The van der Waals surface area contributed by atoms with Crippen LogP contribution in [0.1, 0.15) is 23.1 Å². The molecule has 0 aliphatic heterocycles. The van der Waals surface area contributed by atoms with E-state index in [0.717, 1.165) is 5.69 Å². The van der Waals surface area contributed by atoms with Crippen molar-refractivity contribution in [1.82, 2.24) is 20.3 Å². The number of hydrogen-bond acceptors (Lipinski definition) is 4. The predicted octanol–water partition coefficient (Wildman–Crippen LogP) is 1.34. The molecule has 0 saturated carbocycles. The maximum atomic E-state index is 12.0. The summed E-state index contributed by atoms with van der Waals surface area (Å²) in [6.07, 6.45) is 0. The zero-order valence-electron chi connectivity index (χ0n) is 11.2. The van der Waals surface area contributed by atoms with Gasteiger partial charge in [-0.1, -0.05) is 22.9 Å². The molecule has 1 unspecified atom stereocenters. The normalized spacial score (nSPS) is 12.2. The predicted molar refractivity (Wildman–Crippen MR) is 75.1 cm³/mol. The van der Waals surface area contributed by atoms with Crippen molar-refractivity contribution in [3.63, 3.8) is 0 Å². The molecule has 2 aromatic rings. The second-order valence-electron chi connectivity index (χ2n) is 4.47. The first-order valence-corrected chi connectivity index (χ1v) is 6.50. The maximum Gasteiger partial charge on any atom is 0.274 e. The van der Waals surface area contributed by atoms with Crippen LogP contribution in [0.5, 0.6) is 0 Å². The van der Waals surface area contributed by atoms with E-state index in [4.69, 9.17) is 16.7 Å². The smallest absolute Gasteiger partial charge is 0.274 e. The molecule has 0 saturated heterocycles. The summed E-state index contributed by atoms with van der Waals surface area (Å²) in [6.45, 7) is 3.32. The van der Waals surface area contributed by atoms with Crippen molar-refractivity contribution >= 4 is 17.5 Å². The van der Waals surface area contributed by atoms with Crippen LogP contribution in [0.3, 0.4) is 0 Å². The van der Waals surface area contributed by atoms with Gasteiger partial charge in [-0.25, -0.2) is 4.68 Å². The fraction of sp³-hybridized carbons (Fsp3) is 0.308. The molecule has 0 radical (unpaired) electrons. The number of hydrogen-bond donors (Lipinski definition) is 2. The number of aliphatic hydroxyl groups is 1. The summed E-state index contributed by atoms with van der Waals surface area (Å²) in [4.78, 5) is 12.0. The molecule has 0 fully saturated rings. The fourth-order valence-corrected chi connectivity index (χ4v) is 1.91. The van der Waals surface area contributed by atoms with E-state index in [0.29, 0.717) is 10.7 Å². The lowest BCUT2D eigenvalue weighted by Gasteiger charge is -2.09. The molecule has 0 aliphatic carbocycles. The molecule has 0 bridgehead atoms. The van der Waals surface area contributed by atoms with E-state index in [1.165, 1.54) is 0 Å². The van der Waals surface area contributed by atoms with Crippen molar-refractivity contribution in [2.24, 2.45) is 0 Å². The molecule has 106 valence electrons. The van der Waals surface area contributed by atoms with Crippen molar-refractivity contribution in [3.8, 4) is 5.69 Å². The lowest BCUT2D eigenvalue weighted by molar-refractivity contribution is 0.0916. The van der Waals surface area contributed by atoms with Gasteiger partial charge in [0, 0.05) is 11.1 Å². The summed E-state index contributed by atoms with van der Waals surface area (Å²) in [5.41, 5.74) is 1.57. The summed E-state index contributed by atoms with van der Waals surface area (Å²) >= 11 is 5.94. The van der Waals surface area contributed by atoms with E-state index in [2.05, 4.69) is 15.6 Å². The third kappa shape index (κ3) is 2.97. The highest BCUT2D eigenvalue weighted by atomic mass is 35.5. The first kappa shape index (κ1) is 14.5. The average Bonchev–Trinajstić information content (AvgIpc) is 2.80. The van der Waals surface area contributed by atoms with Crippen LogP contribution in [-0.2, 0) is 0 Å². The highest BCUT2D eigenvalue weighted by Gasteiger charge is 2.18. The molecule has 20 heavy (non-hydrogen) atoms. The molecule has 2 rings (SSSR count). The van der Waals surface area contributed by atoms with Crippen molar-refractivity contribution in [3.05, 3.63) is 40.7 Å². The monoisotopic (exact) mass is 294 g/mol. The average molecular weight is 295 g/mol. The number of aliphatic hydroxyl groups excluding tert-OH is 1. The Balaban J connectivity index is 2.29. The molecule has 6 nitrogen and oxygen atoms in total. The summed E-state index contributed by atoms with van der Waals surface area (Å²) in [6, 6.07) is 6.78. The second kappa shape index (κ2) is 6.02. The zero-order valence-corrected chi connectivity index (χ0v) is 11.9. The number of rotatable bonds is 4. The SMILES string of the molecule is Cc1c(C(=O)NC(C)CO)nnn1-c1cccc(Cl)c1. The highest BCUT2D eigenvalue weighted by Crippen LogP contribution is 2.16. The summed E-state index contributed by atoms with van der Waals surface area (Å²) in [7, 11) is 0. The van der Waals surface area contributed by atoms with Crippen LogP contribution in [0.15, 0.2) is 24.3 Å². The van der Waals surface area contributed by atoms with Crippen molar-refractivity contribution in [2.75, 3.05) is 6.61 Å². The van der Waals surface area contributed by atoms with Crippen LogP contribution >= 0.6 is 11.6 Å². The largest absolute Gasteiger partial charge is 0.394 e. The van der Waals surface area contributed by atoms with E-state index >= 15 is 0 Å². The van der Waals surface area contributed by atoms with Gasteiger partial charge >= 0.3 is 0 Å². The molecule has 0 aliphatic rings. The van der Waals surface area contributed by atoms with Gasteiger partial charge in [-0.3, -0.25) is 4.79 Å². The molecule has 7 heteroatoms. The number of carbonyl (C=O) groups excluding carboxylic acids is 1. The quantitative estimate of drug-likeness (QED) is 0.892. The molecule has 1 atom stereocenters. The lowest BCUT2D eigenvalue weighted by atomic mass is 10.2. The van der Waals surface area contributed by atoms with E-state index in [1.54, 1.807) is 36.7 Å². The number of nitrogens with one attached hydrogen (secondary N) is 1. The van der Waals surface area contributed by atoms with E-state index in [9.17, 15) is 4.79 Å². The second-order valence-corrected chi connectivity index (χ2v) is 4.91. The highest BCUT2D eigenvalue weighted by molar-refractivity contribution is 6.30. The Bertz CT molecular complexity index is 627. The minimum atomic E-state index is -0.364. The third-order valence-corrected chi connectivity index (χ3v) is 3.05. The number of amides is 1. The van der Waals surface area contributed by atoms with Crippen LogP contribution in [0.4, 0.5) is 0 Å². The minimum absolute atomic E-state index is 0.132. The van der Waals surface area contributed by atoms with E-state index < -0.39 is 0 Å².